The fourth-order valence-corrected chi connectivity index (χ4v) is 5.35. The van der Waals surface area contributed by atoms with Gasteiger partial charge in [-0.15, -0.1) is 11.3 Å². The molecule has 38 heavy (non-hydrogen) atoms. The van der Waals surface area contributed by atoms with Crippen molar-refractivity contribution in [3.63, 3.8) is 0 Å². The van der Waals surface area contributed by atoms with E-state index < -0.39 is 22.7 Å². The summed E-state index contributed by atoms with van der Waals surface area (Å²) in [7, 11) is 0. The second kappa shape index (κ2) is 9.61. The molecule has 0 radical (unpaired) electrons. The number of halogens is 4. The quantitative estimate of drug-likeness (QED) is 0.423. The molecule has 5 heterocycles. The lowest BCUT2D eigenvalue weighted by molar-refractivity contribution is -0.222. The first-order valence-electron chi connectivity index (χ1n) is 11.3. The molecule has 1 amide bonds. The van der Waals surface area contributed by atoms with Gasteiger partial charge in [-0.05, 0) is 46.9 Å². The summed E-state index contributed by atoms with van der Waals surface area (Å²) in [5, 5.41) is 8.84. The zero-order valence-electron chi connectivity index (χ0n) is 19.6. The number of nitrogens with zero attached hydrogens (tertiary/aromatic N) is 6. The van der Waals surface area contributed by atoms with E-state index in [1.54, 1.807) is 17.1 Å². The Labute approximate surface area is 221 Å². The van der Waals surface area contributed by atoms with Crippen LogP contribution in [0.1, 0.15) is 35.8 Å². The molecule has 0 bridgehead atoms. The van der Waals surface area contributed by atoms with E-state index in [2.05, 4.69) is 30.3 Å². The average molecular weight is 572 g/mol. The summed E-state index contributed by atoms with van der Waals surface area (Å²) in [6.45, 7) is 2.29. The molecule has 3 N–H and O–H groups in total. The molecule has 0 spiro atoms. The first kappa shape index (κ1) is 26.0. The molecular weight excluding hydrogens is 553 g/mol. The number of rotatable bonds is 6. The van der Waals surface area contributed by atoms with Gasteiger partial charge in [-0.25, -0.2) is 14.4 Å². The molecule has 1 unspecified atom stereocenters. The molecule has 17 heteroatoms. The standard InChI is InChI=1S/C21H18ClF3N8O4S/c1-2-33(36-20(35)21(23,24)25)16-10(19(34)29-32-7-3-4-8-32)9-27-13(11-5-6-12(22)38-11)14(16)28-18(33)15-17(26)31-37-30-15/h5-6,9H,2-4,7-8H2,1H3,(H2-,26,29,31,34)/p+1. The number of hydrogen-bond donors (Lipinski definition) is 2. The molecule has 2 aliphatic heterocycles. The number of aromatic nitrogens is 3. The third-order valence-electron chi connectivity index (χ3n) is 6.01. The molecule has 200 valence electrons. The zero-order chi connectivity index (χ0) is 27.2. The largest absolute Gasteiger partial charge is 0.497 e. The van der Waals surface area contributed by atoms with Gasteiger partial charge < -0.3 is 5.73 Å². The van der Waals surface area contributed by atoms with Crippen LogP contribution in [0.4, 0.5) is 30.4 Å². The number of hydrazine groups is 1. The SMILES string of the molecule is CC[N+]1(OC(=O)C(F)(F)F)C(c2nonc2N)=Nc2c(-c3ccc(Cl)s3)ncc(C(=O)NN3CCCC3)c21. The second-order valence-corrected chi connectivity index (χ2v) is 10.0. The highest BCUT2D eigenvalue weighted by Gasteiger charge is 2.58. The van der Waals surface area contributed by atoms with E-state index in [4.69, 9.17) is 22.2 Å². The molecule has 1 saturated heterocycles. The van der Waals surface area contributed by atoms with Crippen LogP contribution in [-0.2, 0) is 9.63 Å². The van der Waals surface area contributed by atoms with E-state index in [1.807, 2.05) is 0 Å². The number of hydroxylamine groups is 2. The lowest BCUT2D eigenvalue weighted by atomic mass is 10.1. The molecule has 3 aromatic heterocycles. The molecule has 0 aliphatic carbocycles. The Balaban J connectivity index is 1.77. The monoisotopic (exact) mass is 571 g/mol. The molecule has 1 fully saturated rings. The van der Waals surface area contributed by atoms with Crippen molar-refractivity contribution in [1.82, 2.24) is 30.4 Å². The average Bonchev–Trinajstić information content (AvgIpc) is 3.66. The fraction of sp³-hybridized carbons (Fsp3) is 0.333. The van der Waals surface area contributed by atoms with Crippen LogP contribution in [0.15, 0.2) is 28.0 Å². The number of alkyl halides is 3. The van der Waals surface area contributed by atoms with Gasteiger partial charge in [-0.1, -0.05) is 11.6 Å². The number of carbonyl (C=O) groups is 2. The van der Waals surface area contributed by atoms with Crippen LogP contribution in [0.25, 0.3) is 10.6 Å². The number of nitrogen functional groups attached to an aromatic ring is 1. The number of carbonyl (C=O) groups excluding carboxylic acids is 2. The van der Waals surface area contributed by atoms with Crippen LogP contribution in [0.5, 0.6) is 0 Å². The number of nitrogens with one attached hydrogen (secondary N) is 1. The molecule has 5 rings (SSSR count). The van der Waals surface area contributed by atoms with Crippen LogP contribution in [0.2, 0.25) is 4.34 Å². The van der Waals surface area contributed by atoms with Gasteiger partial charge in [0.05, 0.1) is 9.21 Å². The third-order valence-corrected chi connectivity index (χ3v) is 7.24. The van der Waals surface area contributed by atoms with Crippen molar-refractivity contribution in [2.75, 3.05) is 25.4 Å². The molecule has 1 atom stereocenters. The van der Waals surface area contributed by atoms with Crippen LogP contribution in [0, 0.1) is 0 Å². The van der Waals surface area contributed by atoms with Crippen molar-refractivity contribution in [1.29, 1.82) is 0 Å². The van der Waals surface area contributed by atoms with Crippen molar-refractivity contribution in [2.45, 2.75) is 25.9 Å². The first-order valence-corrected chi connectivity index (χ1v) is 12.5. The minimum atomic E-state index is -5.36. The molecule has 12 nitrogen and oxygen atoms in total. The van der Waals surface area contributed by atoms with Crippen LogP contribution in [0.3, 0.4) is 0 Å². The van der Waals surface area contributed by atoms with Crippen molar-refractivity contribution < 1.29 is 32.2 Å². The Morgan fingerprint density at radius 3 is 2.58 bits per heavy atom. The van der Waals surface area contributed by atoms with Gasteiger partial charge in [0.15, 0.2) is 5.69 Å². The summed E-state index contributed by atoms with van der Waals surface area (Å²) >= 11 is 7.25. The maximum Gasteiger partial charge on any atom is 0.497 e. The highest BCUT2D eigenvalue weighted by molar-refractivity contribution is 7.19. The number of amides is 1. The Hall–Kier alpha value is -3.60. The topological polar surface area (TPSA) is 149 Å². The summed E-state index contributed by atoms with van der Waals surface area (Å²) in [4.78, 5) is 40.2. The zero-order valence-corrected chi connectivity index (χ0v) is 21.2. The van der Waals surface area contributed by atoms with E-state index in [9.17, 15) is 22.8 Å². The van der Waals surface area contributed by atoms with Crippen molar-refractivity contribution >= 4 is 57.8 Å². The number of pyridine rings is 1. The lowest BCUT2D eigenvalue weighted by Gasteiger charge is -2.30. The van der Waals surface area contributed by atoms with Crippen molar-refractivity contribution in [3.8, 4) is 10.6 Å². The van der Waals surface area contributed by atoms with Gasteiger partial charge in [0.1, 0.15) is 17.8 Å². The van der Waals surface area contributed by atoms with E-state index >= 15 is 0 Å². The molecular formula is C21H19ClF3N8O4S+. The maximum absolute atomic E-state index is 13.5. The Morgan fingerprint density at radius 2 is 2.00 bits per heavy atom. The van der Waals surface area contributed by atoms with Gasteiger partial charge in [0.2, 0.25) is 17.2 Å². The highest BCUT2D eigenvalue weighted by atomic mass is 35.5. The minimum Gasteiger partial charge on any atom is -0.379 e. The highest BCUT2D eigenvalue weighted by Crippen LogP contribution is 2.51. The van der Waals surface area contributed by atoms with E-state index in [0.29, 0.717) is 22.3 Å². The van der Waals surface area contributed by atoms with Gasteiger partial charge in [0, 0.05) is 19.3 Å². The fourth-order valence-electron chi connectivity index (χ4n) is 4.31. The van der Waals surface area contributed by atoms with Crippen molar-refractivity contribution in [2.24, 2.45) is 4.99 Å². The van der Waals surface area contributed by atoms with E-state index in [1.165, 1.54) is 13.1 Å². The van der Waals surface area contributed by atoms with Gasteiger partial charge in [-0.3, -0.25) is 20.0 Å². The predicted molar refractivity (Wildman–Crippen MR) is 130 cm³/mol. The van der Waals surface area contributed by atoms with Crippen LogP contribution >= 0.6 is 22.9 Å². The molecule has 0 saturated carbocycles. The first-order chi connectivity index (χ1) is 18.0. The van der Waals surface area contributed by atoms with E-state index in [-0.39, 0.29) is 46.5 Å². The molecule has 3 aromatic rings. The molecule has 0 aromatic carbocycles. The second-order valence-electron chi connectivity index (χ2n) is 8.32. The predicted octanol–water partition coefficient (Wildman–Crippen LogP) is 3.61. The number of thiophene rings is 1. The summed E-state index contributed by atoms with van der Waals surface area (Å²) < 4.78 is 44.3. The van der Waals surface area contributed by atoms with Gasteiger partial charge in [0.25, 0.3) is 5.91 Å². The summed E-state index contributed by atoms with van der Waals surface area (Å²) in [6.07, 6.45) is -2.45. The van der Waals surface area contributed by atoms with Gasteiger partial charge >= 0.3 is 18.0 Å². The number of anilines is 1. The Bertz CT molecular complexity index is 1450. The molecule has 2 aliphatic rings. The van der Waals surface area contributed by atoms with E-state index in [0.717, 1.165) is 24.2 Å². The lowest BCUT2D eigenvalue weighted by Crippen LogP contribution is -2.56. The minimum absolute atomic E-state index is 0.0215. The summed E-state index contributed by atoms with van der Waals surface area (Å²) in [5.74, 6) is -3.84. The summed E-state index contributed by atoms with van der Waals surface area (Å²) in [6, 6.07) is 3.25. The Morgan fingerprint density at radius 1 is 1.26 bits per heavy atom. The number of amidine groups is 1. The maximum atomic E-state index is 13.5. The number of aliphatic imine (C=N–C) groups is 1. The number of hydrogen-bond acceptors (Lipinski definition) is 11. The van der Waals surface area contributed by atoms with Gasteiger partial charge in [-0.2, -0.15) is 18.2 Å². The smallest absolute Gasteiger partial charge is 0.379 e. The van der Waals surface area contributed by atoms with Crippen molar-refractivity contribution in [3.05, 3.63) is 33.9 Å². The number of fused-ring (bicyclic) bond motifs is 1. The van der Waals surface area contributed by atoms with Crippen LogP contribution < -0.4 is 15.8 Å². The summed E-state index contributed by atoms with van der Waals surface area (Å²) in [5.41, 5.74) is 8.19. The number of nitrogens with two attached hydrogens (primary N) is 1. The third kappa shape index (κ3) is 4.38. The normalized spacial score (nSPS) is 19.3. The van der Waals surface area contributed by atoms with Crippen LogP contribution in [-0.4, -0.2) is 63.8 Å². The number of quaternary nitrogens is 1. The Kier molecular flexibility index (Phi) is 6.58.